The summed E-state index contributed by atoms with van der Waals surface area (Å²) in [5.41, 5.74) is 12.7. The standard InChI is InChI=1S/C22H28N6O9/c23-12(5-10-8-25-13-4-2-1-3-11(10)13)19(33)26-14(6-17(24)30)20(34)27-15(7-18(31)32)21(35)28-16(9-29)22(36)37/h1-4,8,12,14-16,25,29H,5-7,9,23H2,(H2,24,30)(H,26,33)(H,27,34)(H,28,35)(H,31,32)(H,36,37). The third-order valence-corrected chi connectivity index (χ3v) is 5.30. The fourth-order valence-electron chi connectivity index (χ4n) is 3.43. The lowest BCUT2D eigenvalue weighted by Crippen LogP contribution is -2.58. The summed E-state index contributed by atoms with van der Waals surface area (Å²) in [4.78, 5) is 74.7. The molecule has 0 aliphatic rings. The number of amides is 4. The van der Waals surface area contributed by atoms with Gasteiger partial charge in [0.1, 0.15) is 18.1 Å². The summed E-state index contributed by atoms with van der Waals surface area (Å²) in [5, 5.41) is 34.2. The summed E-state index contributed by atoms with van der Waals surface area (Å²) in [6.45, 7) is -0.997. The van der Waals surface area contributed by atoms with E-state index in [0.717, 1.165) is 16.5 Å². The zero-order chi connectivity index (χ0) is 27.7. The zero-order valence-electron chi connectivity index (χ0n) is 19.5. The molecule has 200 valence electrons. The number of carboxylic acids is 2. The number of H-pyrrole nitrogens is 1. The maximum absolute atomic E-state index is 12.8. The van der Waals surface area contributed by atoms with Gasteiger partial charge in [0.25, 0.3) is 0 Å². The van der Waals surface area contributed by atoms with E-state index in [9.17, 15) is 28.8 Å². The van der Waals surface area contributed by atoms with Crippen LogP contribution in [0.5, 0.6) is 0 Å². The van der Waals surface area contributed by atoms with Crippen molar-refractivity contribution in [1.82, 2.24) is 20.9 Å². The van der Waals surface area contributed by atoms with Crippen LogP contribution >= 0.6 is 0 Å². The minimum atomic E-state index is -1.80. The van der Waals surface area contributed by atoms with Crippen LogP contribution in [0.1, 0.15) is 18.4 Å². The summed E-state index contributed by atoms with van der Waals surface area (Å²) >= 11 is 0. The number of carboxylic acid groups (broad SMARTS) is 2. The van der Waals surface area contributed by atoms with Gasteiger partial charge in [-0.15, -0.1) is 0 Å². The van der Waals surface area contributed by atoms with Gasteiger partial charge in [-0.05, 0) is 18.1 Å². The van der Waals surface area contributed by atoms with E-state index in [2.05, 4.69) is 15.6 Å². The number of aliphatic carboxylic acids is 2. The minimum Gasteiger partial charge on any atom is -0.481 e. The van der Waals surface area contributed by atoms with Gasteiger partial charge >= 0.3 is 11.9 Å². The first kappa shape index (κ1) is 28.7. The van der Waals surface area contributed by atoms with Crippen LogP contribution in [0.2, 0.25) is 0 Å². The fourth-order valence-corrected chi connectivity index (χ4v) is 3.43. The number of benzene rings is 1. The third kappa shape index (κ3) is 8.29. The molecule has 37 heavy (non-hydrogen) atoms. The lowest BCUT2D eigenvalue weighted by atomic mass is 10.0. The maximum Gasteiger partial charge on any atom is 0.328 e. The van der Waals surface area contributed by atoms with Crippen molar-refractivity contribution in [2.45, 2.75) is 43.4 Å². The monoisotopic (exact) mass is 520 g/mol. The molecule has 15 heteroatoms. The van der Waals surface area contributed by atoms with Crippen molar-refractivity contribution in [2.24, 2.45) is 11.5 Å². The normalized spacial score (nSPS) is 14.1. The van der Waals surface area contributed by atoms with Gasteiger partial charge in [-0.2, -0.15) is 0 Å². The Morgan fingerprint density at radius 3 is 2.00 bits per heavy atom. The second-order valence-electron chi connectivity index (χ2n) is 8.14. The van der Waals surface area contributed by atoms with Gasteiger partial charge in [-0.25, -0.2) is 4.79 Å². The number of rotatable bonds is 14. The second kappa shape index (κ2) is 13.0. The first-order valence-electron chi connectivity index (χ1n) is 11.0. The van der Waals surface area contributed by atoms with Crippen molar-refractivity contribution in [3.8, 4) is 0 Å². The number of carbonyl (C=O) groups excluding carboxylic acids is 4. The van der Waals surface area contributed by atoms with Crippen LogP contribution in [0.3, 0.4) is 0 Å². The number of carbonyl (C=O) groups is 6. The number of nitrogens with one attached hydrogen (secondary N) is 4. The molecule has 11 N–H and O–H groups in total. The van der Waals surface area contributed by atoms with Crippen molar-refractivity contribution >= 4 is 46.5 Å². The van der Waals surface area contributed by atoms with Crippen molar-refractivity contribution in [2.75, 3.05) is 6.61 Å². The average Bonchev–Trinajstić information content (AvgIpc) is 3.23. The number of hydrogen-bond acceptors (Lipinski definition) is 8. The highest BCUT2D eigenvalue weighted by atomic mass is 16.4. The molecule has 0 spiro atoms. The quantitative estimate of drug-likeness (QED) is 0.121. The molecule has 1 aromatic heterocycles. The van der Waals surface area contributed by atoms with Crippen molar-refractivity contribution < 1.29 is 44.1 Å². The van der Waals surface area contributed by atoms with E-state index < -0.39 is 79.2 Å². The molecule has 0 radical (unpaired) electrons. The first-order chi connectivity index (χ1) is 17.4. The van der Waals surface area contributed by atoms with Crippen LogP contribution in [0.25, 0.3) is 10.9 Å². The molecular weight excluding hydrogens is 492 g/mol. The maximum atomic E-state index is 12.8. The Kier molecular flexibility index (Phi) is 10.1. The largest absolute Gasteiger partial charge is 0.481 e. The zero-order valence-corrected chi connectivity index (χ0v) is 19.5. The summed E-state index contributed by atoms with van der Waals surface area (Å²) in [7, 11) is 0. The van der Waals surface area contributed by atoms with Crippen molar-refractivity contribution in [1.29, 1.82) is 0 Å². The average molecular weight is 520 g/mol. The molecular formula is C22H28N6O9. The lowest BCUT2D eigenvalue weighted by Gasteiger charge is -2.23. The van der Waals surface area contributed by atoms with E-state index in [-0.39, 0.29) is 6.42 Å². The molecule has 15 nitrogen and oxygen atoms in total. The molecule has 4 unspecified atom stereocenters. The summed E-state index contributed by atoms with van der Waals surface area (Å²) in [5.74, 6) is -7.29. The van der Waals surface area contributed by atoms with E-state index in [4.69, 9.17) is 26.8 Å². The number of fused-ring (bicyclic) bond motifs is 1. The first-order valence-corrected chi connectivity index (χ1v) is 11.0. The SMILES string of the molecule is NC(=O)CC(NC(=O)C(N)Cc1c[nH]c2ccccc12)C(=O)NC(CC(=O)O)C(=O)NC(CO)C(=O)O. The molecule has 4 amide bonds. The van der Waals surface area contributed by atoms with Gasteiger partial charge in [-0.1, -0.05) is 18.2 Å². The van der Waals surface area contributed by atoms with Crippen LogP contribution in [0.15, 0.2) is 30.5 Å². The minimum absolute atomic E-state index is 0.0720. The number of primary amides is 1. The Bertz CT molecular complexity index is 1180. The second-order valence-corrected chi connectivity index (χ2v) is 8.14. The molecule has 1 aromatic carbocycles. The van der Waals surface area contributed by atoms with Gasteiger partial charge in [0.2, 0.25) is 23.6 Å². The number of nitrogens with two attached hydrogens (primary N) is 2. The Morgan fingerprint density at radius 2 is 1.43 bits per heavy atom. The number of aromatic amines is 1. The molecule has 4 atom stereocenters. The van der Waals surface area contributed by atoms with E-state index in [1.807, 2.05) is 23.5 Å². The van der Waals surface area contributed by atoms with E-state index >= 15 is 0 Å². The molecule has 2 aromatic rings. The van der Waals surface area contributed by atoms with E-state index in [1.54, 1.807) is 12.3 Å². The highest BCUT2D eigenvalue weighted by Crippen LogP contribution is 2.18. The number of aliphatic hydroxyl groups excluding tert-OH is 1. The van der Waals surface area contributed by atoms with Crippen LogP contribution in [0, 0.1) is 0 Å². The van der Waals surface area contributed by atoms with Gasteiger partial charge < -0.3 is 47.7 Å². The molecule has 0 saturated heterocycles. The number of hydrogen-bond donors (Lipinski definition) is 9. The third-order valence-electron chi connectivity index (χ3n) is 5.30. The molecule has 0 saturated carbocycles. The van der Waals surface area contributed by atoms with Gasteiger partial charge in [0, 0.05) is 17.1 Å². The molecule has 0 aliphatic heterocycles. The van der Waals surface area contributed by atoms with Crippen LogP contribution < -0.4 is 27.4 Å². The Labute approximate surface area is 209 Å². The summed E-state index contributed by atoms with van der Waals surface area (Å²) in [6, 6.07) is 0.968. The molecule has 0 fully saturated rings. The topological polar surface area (TPSA) is 267 Å². The van der Waals surface area contributed by atoms with Gasteiger partial charge in [0.15, 0.2) is 0 Å². The van der Waals surface area contributed by atoms with Crippen LogP contribution in [0.4, 0.5) is 0 Å². The number of aliphatic hydroxyl groups is 1. The Balaban J connectivity index is 2.13. The highest BCUT2D eigenvalue weighted by Gasteiger charge is 2.32. The Morgan fingerprint density at radius 1 is 0.865 bits per heavy atom. The van der Waals surface area contributed by atoms with Crippen LogP contribution in [-0.4, -0.2) is 86.6 Å². The van der Waals surface area contributed by atoms with Crippen molar-refractivity contribution in [3.05, 3.63) is 36.0 Å². The Hall–Kier alpha value is -4.50. The molecule has 0 bridgehead atoms. The lowest BCUT2D eigenvalue weighted by molar-refractivity contribution is -0.144. The highest BCUT2D eigenvalue weighted by molar-refractivity contribution is 5.97. The molecule has 1 heterocycles. The predicted octanol–water partition coefficient (Wildman–Crippen LogP) is -3.08. The number of para-hydroxylation sites is 1. The van der Waals surface area contributed by atoms with Gasteiger partial charge in [0.05, 0.1) is 25.5 Å². The van der Waals surface area contributed by atoms with E-state index in [1.165, 1.54) is 0 Å². The van der Waals surface area contributed by atoms with Crippen LogP contribution in [-0.2, 0) is 35.2 Å². The molecule has 2 rings (SSSR count). The summed E-state index contributed by atoms with van der Waals surface area (Å²) < 4.78 is 0. The number of aromatic nitrogens is 1. The molecule has 0 aliphatic carbocycles. The predicted molar refractivity (Wildman–Crippen MR) is 127 cm³/mol. The summed E-state index contributed by atoms with van der Waals surface area (Å²) in [6.07, 6.45) is 0.0830. The van der Waals surface area contributed by atoms with Gasteiger partial charge in [-0.3, -0.25) is 24.0 Å². The van der Waals surface area contributed by atoms with E-state index in [0.29, 0.717) is 0 Å². The van der Waals surface area contributed by atoms with Crippen molar-refractivity contribution in [3.63, 3.8) is 0 Å². The fraction of sp³-hybridized carbons (Fsp3) is 0.364. The smallest absolute Gasteiger partial charge is 0.328 e.